The van der Waals surface area contributed by atoms with Crippen LogP contribution >= 0.6 is 0 Å². The minimum atomic E-state index is -0.641. The predicted molar refractivity (Wildman–Crippen MR) is 118 cm³/mol. The number of aromatic nitrogens is 2. The Morgan fingerprint density at radius 1 is 1.12 bits per heavy atom. The topological polar surface area (TPSA) is 56.6 Å². The number of fused-ring (bicyclic) bond motifs is 1. The average Bonchev–Trinajstić information content (AvgIpc) is 2.99. The Labute approximate surface area is 185 Å². The van der Waals surface area contributed by atoms with Gasteiger partial charge in [0.15, 0.2) is 11.6 Å². The Morgan fingerprint density at radius 2 is 1.91 bits per heavy atom. The zero-order valence-electron chi connectivity index (χ0n) is 18.5. The number of likely N-dealkylation sites (N-methyl/N-ethyl adjacent to an activating group) is 1. The minimum absolute atomic E-state index is 0.00367. The maximum absolute atomic E-state index is 14.5. The number of hydrogen-bond acceptors (Lipinski definition) is 5. The lowest BCUT2D eigenvalue weighted by Crippen LogP contribution is -2.38. The number of ether oxygens (including phenoxy) is 2. The number of hydrogen-bond donors (Lipinski definition) is 0. The van der Waals surface area contributed by atoms with E-state index in [4.69, 9.17) is 9.47 Å². The van der Waals surface area contributed by atoms with Crippen LogP contribution in [0.15, 0.2) is 47.4 Å². The fourth-order valence-electron chi connectivity index (χ4n) is 3.77. The largest absolute Gasteiger partial charge is 0.488 e. The van der Waals surface area contributed by atoms with Gasteiger partial charge in [0.25, 0.3) is 5.56 Å². The molecule has 8 heteroatoms. The molecule has 0 unspecified atom stereocenters. The van der Waals surface area contributed by atoms with Crippen LogP contribution in [-0.2, 0) is 19.6 Å². The lowest BCUT2D eigenvalue weighted by molar-refractivity contribution is 0.301. The van der Waals surface area contributed by atoms with Crippen molar-refractivity contribution in [2.24, 2.45) is 0 Å². The maximum Gasteiger partial charge on any atom is 0.259 e. The molecule has 3 aromatic rings. The summed E-state index contributed by atoms with van der Waals surface area (Å²) in [5, 5.41) is 0. The molecule has 0 saturated heterocycles. The number of pyridine rings is 2. The smallest absolute Gasteiger partial charge is 0.259 e. The van der Waals surface area contributed by atoms with Crippen LogP contribution in [0.25, 0.3) is 0 Å². The highest BCUT2D eigenvalue weighted by Crippen LogP contribution is 2.34. The summed E-state index contributed by atoms with van der Waals surface area (Å²) in [4.78, 5) is 18.6. The van der Waals surface area contributed by atoms with Crippen molar-refractivity contribution in [3.8, 4) is 17.2 Å². The van der Waals surface area contributed by atoms with E-state index in [2.05, 4.69) is 23.7 Å². The van der Waals surface area contributed by atoms with Crippen molar-refractivity contribution in [1.82, 2.24) is 9.55 Å². The van der Waals surface area contributed by atoms with Crippen molar-refractivity contribution in [2.45, 2.75) is 45.9 Å². The summed E-state index contributed by atoms with van der Waals surface area (Å²) in [6.07, 6.45) is 1.72. The van der Waals surface area contributed by atoms with Gasteiger partial charge in [-0.3, -0.25) is 9.36 Å². The van der Waals surface area contributed by atoms with Crippen LogP contribution in [0.1, 0.15) is 31.9 Å². The van der Waals surface area contributed by atoms with Crippen molar-refractivity contribution in [2.75, 3.05) is 11.9 Å². The van der Waals surface area contributed by atoms with E-state index in [1.165, 1.54) is 24.4 Å². The summed E-state index contributed by atoms with van der Waals surface area (Å²) in [5.74, 6) is 0.310. The quantitative estimate of drug-likeness (QED) is 0.520. The molecule has 32 heavy (non-hydrogen) atoms. The van der Waals surface area contributed by atoms with Gasteiger partial charge < -0.3 is 14.4 Å². The number of halogens is 2. The molecule has 0 amide bonds. The number of benzene rings is 1. The molecule has 1 aromatic carbocycles. The molecule has 1 aliphatic rings. The third-order valence-corrected chi connectivity index (χ3v) is 5.81. The van der Waals surface area contributed by atoms with Crippen molar-refractivity contribution in [1.29, 1.82) is 0 Å². The fraction of sp³-hybridized carbons (Fsp3) is 0.333. The van der Waals surface area contributed by atoms with E-state index in [0.717, 1.165) is 11.9 Å². The Bertz CT molecular complexity index is 1210. The highest BCUT2D eigenvalue weighted by molar-refractivity contribution is 5.53. The molecular formula is C24H25F2N3O3. The summed E-state index contributed by atoms with van der Waals surface area (Å²) >= 11 is 0. The zero-order valence-corrected chi connectivity index (χ0v) is 18.5. The molecule has 1 aliphatic heterocycles. The third-order valence-electron chi connectivity index (χ3n) is 5.81. The van der Waals surface area contributed by atoms with Gasteiger partial charge in [0, 0.05) is 13.1 Å². The predicted octanol–water partition coefficient (Wildman–Crippen LogP) is 4.68. The molecule has 0 atom stereocenters. The van der Waals surface area contributed by atoms with E-state index >= 15 is 0 Å². The van der Waals surface area contributed by atoms with Gasteiger partial charge in [-0.2, -0.15) is 4.39 Å². The van der Waals surface area contributed by atoms with Crippen molar-refractivity contribution in [3.63, 3.8) is 0 Å². The van der Waals surface area contributed by atoms with Gasteiger partial charge in [0.2, 0.25) is 5.95 Å². The Hall–Kier alpha value is -3.42. The van der Waals surface area contributed by atoms with Crippen LogP contribution in [0.3, 0.4) is 0 Å². The second-order valence-corrected chi connectivity index (χ2v) is 8.43. The van der Waals surface area contributed by atoms with E-state index in [1.807, 2.05) is 20.0 Å². The molecule has 0 bridgehead atoms. The molecule has 6 nitrogen and oxygen atoms in total. The average molecular weight is 441 g/mol. The van der Waals surface area contributed by atoms with E-state index in [-0.39, 0.29) is 29.2 Å². The van der Waals surface area contributed by atoms with Gasteiger partial charge in [0.05, 0.1) is 23.8 Å². The van der Waals surface area contributed by atoms with E-state index in [9.17, 15) is 13.6 Å². The van der Waals surface area contributed by atoms with Gasteiger partial charge in [-0.25, -0.2) is 9.37 Å². The summed E-state index contributed by atoms with van der Waals surface area (Å²) < 4.78 is 40.6. The fourth-order valence-corrected chi connectivity index (χ4v) is 3.77. The molecule has 2 aromatic heterocycles. The Balaban J connectivity index is 1.53. The highest BCUT2D eigenvalue weighted by Gasteiger charge is 2.35. The van der Waals surface area contributed by atoms with E-state index in [1.54, 1.807) is 10.6 Å². The Morgan fingerprint density at radius 3 is 2.56 bits per heavy atom. The summed E-state index contributed by atoms with van der Waals surface area (Å²) in [6.45, 7) is 6.79. The third kappa shape index (κ3) is 4.04. The zero-order chi connectivity index (χ0) is 23.0. The van der Waals surface area contributed by atoms with Gasteiger partial charge >= 0.3 is 0 Å². The van der Waals surface area contributed by atoms with E-state index < -0.39 is 11.8 Å². The second-order valence-electron chi connectivity index (χ2n) is 8.43. The van der Waals surface area contributed by atoms with Crippen molar-refractivity contribution in [3.05, 3.63) is 75.8 Å². The first kappa shape index (κ1) is 21.8. The van der Waals surface area contributed by atoms with Crippen molar-refractivity contribution < 1.29 is 18.3 Å². The highest BCUT2D eigenvalue weighted by atomic mass is 19.1. The first-order valence-electron chi connectivity index (χ1n) is 10.4. The monoisotopic (exact) mass is 441 g/mol. The molecule has 4 rings (SSSR count). The molecule has 0 N–H and O–H groups in total. The molecule has 168 valence electrons. The molecule has 0 spiro atoms. The number of rotatable bonds is 6. The van der Waals surface area contributed by atoms with Crippen LogP contribution in [-0.4, -0.2) is 22.1 Å². The van der Waals surface area contributed by atoms with Crippen LogP contribution in [0.5, 0.6) is 17.2 Å². The van der Waals surface area contributed by atoms with Gasteiger partial charge in [-0.05, 0) is 50.1 Å². The van der Waals surface area contributed by atoms with Gasteiger partial charge in [0.1, 0.15) is 23.9 Å². The molecule has 3 heterocycles. The van der Waals surface area contributed by atoms with Crippen LogP contribution in [0, 0.1) is 11.8 Å². The first-order valence-corrected chi connectivity index (χ1v) is 10.4. The normalized spacial score (nSPS) is 14.4. The minimum Gasteiger partial charge on any atom is -0.488 e. The number of anilines is 1. The van der Waals surface area contributed by atoms with E-state index in [0.29, 0.717) is 29.8 Å². The molecule has 0 saturated carbocycles. The van der Waals surface area contributed by atoms with Crippen LogP contribution in [0.4, 0.5) is 14.6 Å². The summed E-state index contributed by atoms with van der Waals surface area (Å²) in [5.41, 5.74) is 0.960. The van der Waals surface area contributed by atoms with Crippen LogP contribution in [0.2, 0.25) is 0 Å². The number of nitrogens with zero attached hydrogens (tertiary/aromatic N) is 3. The standard InChI is InChI=1S/C24H25F2N3O3/c1-5-17-20(11-22-28(4)24(2,3)14-29(22)23(17)30)31-13-15-6-8-19(18(25)10-15)32-16-7-9-21(26)27-12-16/h6-12H,5,13-14H2,1-4H3. The first-order chi connectivity index (χ1) is 15.2. The maximum atomic E-state index is 14.5. The lowest BCUT2D eigenvalue weighted by atomic mass is 10.1. The molecular weight excluding hydrogens is 416 g/mol. The second kappa shape index (κ2) is 8.26. The SMILES string of the molecule is CCc1c(OCc2ccc(Oc3ccc(F)nc3)c(F)c2)cc2n(c1=O)CC(C)(C)N2C. The van der Waals surface area contributed by atoms with Crippen molar-refractivity contribution >= 4 is 5.82 Å². The summed E-state index contributed by atoms with van der Waals surface area (Å²) in [7, 11) is 1.96. The van der Waals surface area contributed by atoms with Gasteiger partial charge in [-0.15, -0.1) is 0 Å². The Kier molecular flexibility index (Phi) is 5.62. The van der Waals surface area contributed by atoms with Gasteiger partial charge in [-0.1, -0.05) is 13.0 Å². The molecule has 0 aliphatic carbocycles. The molecule has 0 fully saturated rings. The van der Waals surface area contributed by atoms with Crippen LogP contribution < -0.4 is 19.9 Å². The summed E-state index contributed by atoms with van der Waals surface area (Å²) in [6, 6.07) is 8.86. The lowest BCUT2D eigenvalue weighted by Gasteiger charge is -2.28. The molecule has 0 radical (unpaired) electrons.